The Balaban J connectivity index is 1.66. The molecule has 0 spiro atoms. The van der Waals surface area contributed by atoms with Crippen LogP contribution in [0.3, 0.4) is 0 Å². The van der Waals surface area contributed by atoms with E-state index in [1.165, 1.54) is 12.3 Å². The van der Waals surface area contributed by atoms with Crippen LogP contribution in [0.25, 0.3) is 0 Å². The van der Waals surface area contributed by atoms with Gasteiger partial charge in [0.2, 0.25) is 5.91 Å². The first-order valence-electron chi connectivity index (χ1n) is 10.8. The van der Waals surface area contributed by atoms with E-state index in [9.17, 15) is 14.7 Å². The van der Waals surface area contributed by atoms with E-state index in [1.54, 1.807) is 6.07 Å². The van der Waals surface area contributed by atoms with E-state index in [0.29, 0.717) is 17.1 Å². The molecule has 0 aromatic carbocycles. The Morgan fingerprint density at radius 1 is 1.35 bits per heavy atom. The molecule has 1 saturated carbocycles. The maximum Gasteiger partial charge on any atom is 0.271 e. The third-order valence-corrected chi connectivity index (χ3v) is 6.67. The number of allylic oxidation sites excluding steroid dienone is 1. The molecule has 0 radical (unpaired) electrons. The van der Waals surface area contributed by atoms with Crippen molar-refractivity contribution in [2.45, 2.75) is 70.4 Å². The lowest BCUT2D eigenvalue weighted by Gasteiger charge is -2.39. The molecule has 7 heteroatoms. The normalized spacial score (nSPS) is 27.5. The third-order valence-electron chi connectivity index (χ3n) is 6.41. The van der Waals surface area contributed by atoms with Gasteiger partial charge in [-0.3, -0.25) is 14.6 Å². The van der Waals surface area contributed by atoms with Crippen LogP contribution in [-0.4, -0.2) is 33.5 Å². The largest absolute Gasteiger partial charge is 0.392 e. The number of rotatable bonds is 5. The minimum Gasteiger partial charge on any atom is -0.392 e. The van der Waals surface area contributed by atoms with Gasteiger partial charge in [0, 0.05) is 34.7 Å². The second-order valence-electron chi connectivity index (χ2n) is 9.14. The van der Waals surface area contributed by atoms with Crippen LogP contribution < -0.4 is 10.6 Å². The van der Waals surface area contributed by atoms with E-state index in [4.69, 9.17) is 18.0 Å². The molecule has 3 atom stereocenters. The van der Waals surface area contributed by atoms with Gasteiger partial charge in [-0.05, 0) is 31.4 Å². The molecule has 6 nitrogen and oxygen atoms in total. The Hall–Kier alpha value is -2.36. The van der Waals surface area contributed by atoms with Gasteiger partial charge >= 0.3 is 0 Å². The molecule has 0 aliphatic heterocycles. The predicted molar refractivity (Wildman–Crippen MR) is 121 cm³/mol. The summed E-state index contributed by atoms with van der Waals surface area (Å²) in [7, 11) is 0. The molecule has 3 rings (SSSR count). The number of aliphatic hydroxyl groups is 1. The zero-order chi connectivity index (χ0) is 22.6. The maximum absolute atomic E-state index is 12.8. The lowest BCUT2D eigenvalue weighted by Crippen LogP contribution is -2.48. The van der Waals surface area contributed by atoms with Crippen molar-refractivity contribution in [2.24, 2.45) is 11.3 Å². The molecule has 31 heavy (non-hydrogen) atoms. The van der Waals surface area contributed by atoms with Crippen LogP contribution in [0, 0.1) is 23.7 Å². The first-order valence-corrected chi connectivity index (χ1v) is 11.1. The van der Waals surface area contributed by atoms with Crippen molar-refractivity contribution in [3.8, 4) is 12.3 Å². The van der Waals surface area contributed by atoms with Gasteiger partial charge in [-0.1, -0.05) is 56.7 Å². The number of nitrogens with zero attached hydrogens (tertiary/aromatic N) is 1. The van der Waals surface area contributed by atoms with Gasteiger partial charge in [0.1, 0.15) is 11.2 Å². The summed E-state index contributed by atoms with van der Waals surface area (Å²) in [6.07, 6.45) is 13.5. The van der Waals surface area contributed by atoms with Gasteiger partial charge in [0.05, 0.1) is 6.10 Å². The fourth-order valence-corrected chi connectivity index (χ4v) is 5.18. The predicted octanol–water partition coefficient (Wildman–Crippen LogP) is 4.01. The van der Waals surface area contributed by atoms with Crippen LogP contribution in [0.2, 0.25) is 0 Å². The van der Waals surface area contributed by atoms with E-state index < -0.39 is 17.1 Å². The van der Waals surface area contributed by atoms with Gasteiger partial charge in [0.25, 0.3) is 5.91 Å². The smallest absolute Gasteiger partial charge is 0.271 e. The molecule has 2 aliphatic rings. The number of terminal acetylenes is 1. The Bertz CT molecular complexity index is 917. The summed E-state index contributed by atoms with van der Waals surface area (Å²) in [4.78, 5) is 29.6. The molecular formula is C24H30ClN3O3. The Kier molecular flexibility index (Phi) is 7.08. The number of carbonyl (C=O) groups excluding carboxylic acids is 2. The van der Waals surface area contributed by atoms with Gasteiger partial charge in [-0.25, -0.2) is 0 Å². The number of carbonyl (C=O) groups is 2. The number of aromatic nitrogens is 1. The van der Waals surface area contributed by atoms with Crippen molar-refractivity contribution in [1.82, 2.24) is 10.3 Å². The molecule has 1 fully saturated rings. The van der Waals surface area contributed by atoms with Crippen LogP contribution in [0.5, 0.6) is 0 Å². The Labute approximate surface area is 188 Å². The molecule has 0 bridgehead atoms. The number of nitrogens with one attached hydrogen (secondary N) is 2. The molecule has 1 heterocycles. The van der Waals surface area contributed by atoms with Gasteiger partial charge in [-0.2, -0.15) is 0 Å². The monoisotopic (exact) mass is 443 g/mol. The number of hydrogen-bond donors (Lipinski definition) is 3. The molecular weight excluding hydrogens is 414 g/mol. The summed E-state index contributed by atoms with van der Waals surface area (Å²) in [6.45, 7) is 3.74. The number of aliphatic hydroxyl groups excluding tert-OH is 1. The second-order valence-corrected chi connectivity index (χ2v) is 9.63. The van der Waals surface area contributed by atoms with Crippen molar-refractivity contribution in [1.29, 1.82) is 0 Å². The van der Waals surface area contributed by atoms with Crippen molar-refractivity contribution in [2.75, 3.05) is 5.32 Å². The first-order chi connectivity index (χ1) is 14.7. The highest BCUT2D eigenvalue weighted by Crippen LogP contribution is 2.43. The van der Waals surface area contributed by atoms with Crippen LogP contribution >= 0.6 is 11.6 Å². The minimum absolute atomic E-state index is 0.104. The van der Waals surface area contributed by atoms with Gasteiger partial charge in [0.15, 0.2) is 0 Å². The molecule has 1 aromatic rings. The fourth-order valence-electron chi connectivity index (χ4n) is 4.67. The van der Waals surface area contributed by atoms with Crippen LogP contribution in [0.15, 0.2) is 29.4 Å². The molecule has 2 amide bonds. The maximum atomic E-state index is 12.8. The summed E-state index contributed by atoms with van der Waals surface area (Å²) >= 11 is 6.22. The van der Waals surface area contributed by atoms with E-state index in [-0.39, 0.29) is 29.8 Å². The van der Waals surface area contributed by atoms with Crippen LogP contribution in [-0.2, 0) is 4.79 Å². The Morgan fingerprint density at radius 2 is 2.06 bits per heavy atom. The topological polar surface area (TPSA) is 91.3 Å². The standard InChI is InChI=1S/C24H30ClN3O3/c1-4-24(9-6-5-7-10-24)28-22(31)19-13-18(8-11-26-19)27-20(29)15-23(3)14-17(25)12-16(2)21(23)30/h1,8,11-13,16,21,30H,5-7,9-10,14-15H2,2-3H3,(H,28,31)(H,26,27,29). The SMILES string of the molecule is C#CC1(NC(=O)c2cc(NC(=O)CC3(C)CC(Cl)=CC(C)C3O)ccn2)CCCCC1. The van der Waals surface area contributed by atoms with Crippen LogP contribution in [0.4, 0.5) is 5.69 Å². The van der Waals surface area contributed by atoms with Crippen molar-refractivity contribution >= 4 is 29.1 Å². The number of pyridine rings is 1. The van der Waals surface area contributed by atoms with E-state index in [1.807, 2.05) is 19.9 Å². The van der Waals surface area contributed by atoms with E-state index in [2.05, 4.69) is 21.5 Å². The highest BCUT2D eigenvalue weighted by Gasteiger charge is 2.41. The lowest BCUT2D eigenvalue weighted by atomic mass is 9.70. The van der Waals surface area contributed by atoms with Crippen LogP contribution in [0.1, 0.15) is 69.3 Å². The first kappa shape index (κ1) is 23.3. The Morgan fingerprint density at radius 3 is 2.74 bits per heavy atom. The number of anilines is 1. The minimum atomic E-state index is -0.671. The number of amides is 2. The summed E-state index contributed by atoms with van der Waals surface area (Å²) in [6, 6.07) is 3.16. The zero-order valence-electron chi connectivity index (χ0n) is 18.1. The molecule has 3 N–H and O–H groups in total. The van der Waals surface area contributed by atoms with Gasteiger partial charge < -0.3 is 15.7 Å². The summed E-state index contributed by atoms with van der Waals surface area (Å²) in [5.74, 6) is 2.02. The second kappa shape index (κ2) is 9.42. The fraction of sp³-hybridized carbons (Fsp3) is 0.542. The van der Waals surface area contributed by atoms with E-state index >= 15 is 0 Å². The summed E-state index contributed by atoms with van der Waals surface area (Å²) in [5.41, 5.74) is -0.637. The quantitative estimate of drug-likeness (QED) is 0.599. The molecule has 1 aromatic heterocycles. The van der Waals surface area contributed by atoms with Crippen molar-refractivity contribution in [3.63, 3.8) is 0 Å². The van der Waals surface area contributed by atoms with E-state index in [0.717, 1.165) is 32.1 Å². The lowest BCUT2D eigenvalue weighted by molar-refractivity contribution is -0.121. The van der Waals surface area contributed by atoms with Crippen molar-refractivity contribution < 1.29 is 14.7 Å². The highest BCUT2D eigenvalue weighted by molar-refractivity contribution is 6.29. The van der Waals surface area contributed by atoms with Gasteiger partial charge in [-0.15, -0.1) is 6.42 Å². The third kappa shape index (κ3) is 5.47. The number of hydrogen-bond acceptors (Lipinski definition) is 4. The summed E-state index contributed by atoms with van der Waals surface area (Å²) in [5, 5.41) is 17.0. The highest BCUT2D eigenvalue weighted by atomic mass is 35.5. The number of halogens is 1. The average Bonchev–Trinajstić information content (AvgIpc) is 2.72. The molecule has 0 saturated heterocycles. The molecule has 166 valence electrons. The molecule has 2 aliphatic carbocycles. The molecule has 3 unspecified atom stereocenters. The average molecular weight is 444 g/mol. The van der Waals surface area contributed by atoms with Crippen molar-refractivity contribution in [3.05, 3.63) is 35.1 Å². The summed E-state index contributed by atoms with van der Waals surface area (Å²) < 4.78 is 0. The zero-order valence-corrected chi connectivity index (χ0v) is 18.8.